The molecular formula is C18H28N8O. The van der Waals surface area contributed by atoms with Gasteiger partial charge >= 0.3 is 0 Å². The van der Waals surface area contributed by atoms with Crippen LogP contribution < -0.4 is 5.32 Å². The third kappa shape index (κ3) is 4.03. The lowest BCUT2D eigenvalue weighted by Gasteiger charge is -2.26. The van der Waals surface area contributed by atoms with Gasteiger partial charge in [-0.3, -0.25) is 19.1 Å². The number of nitrogens with zero attached hydrogens (tertiary/aromatic N) is 7. The lowest BCUT2D eigenvalue weighted by Crippen LogP contribution is -2.44. The van der Waals surface area contributed by atoms with Gasteiger partial charge < -0.3 is 10.2 Å². The maximum atomic E-state index is 12.8. The van der Waals surface area contributed by atoms with Crippen LogP contribution >= 0.6 is 0 Å². The lowest BCUT2D eigenvalue weighted by atomic mass is 10.2. The molecule has 1 unspecified atom stereocenters. The number of carbonyl (C=O) groups excluding carboxylic acids is 1. The molecule has 0 saturated carbocycles. The summed E-state index contributed by atoms with van der Waals surface area (Å²) in [5.74, 6) is -0.0348. The molecule has 27 heavy (non-hydrogen) atoms. The lowest BCUT2D eigenvalue weighted by molar-refractivity contribution is 0.0781. The number of hydrogen-bond donors (Lipinski definition) is 1. The second-order valence-corrected chi connectivity index (χ2v) is 7.52. The first-order valence-electron chi connectivity index (χ1n) is 9.75. The van der Waals surface area contributed by atoms with Gasteiger partial charge in [0.2, 0.25) is 0 Å². The van der Waals surface area contributed by atoms with E-state index in [9.17, 15) is 4.79 Å². The maximum Gasteiger partial charge on any atom is 0.276 e. The molecule has 2 saturated heterocycles. The molecule has 4 rings (SSSR count). The summed E-state index contributed by atoms with van der Waals surface area (Å²) in [7, 11) is 0. The largest absolute Gasteiger partial charge is 0.335 e. The van der Waals surface area contributed by atoms with Crippen LogP contribution in [0.1, 0.15) is 34.3 Å². The van der Waals surface area contributed by atoms with Crippen molar-refractivity contribution in [3.05, 3.63) is 29.3 Å². The van der Waals surface area contributed by atoms with E-state index in [0.29, 0.717) is 12.2 Å². The highest BCUT2D eigenvalue weighted by atomic mass is 16.2. The summed E-state index contributed by atoms with van der Waals surface area (Å²) in [5, 5.41) is 16.2. The average molecular weight is 372 g/mol. The maximum absolute atomic E-state index is 12.8. The minimum Gasteiger partial charge on any atom is -0.335 e. The van der Waals surface area contributed by atoms with E-state index in [2.05, 4.69) is 38.6 Å². The van der Waals surface area contributed by atoms with Gasteiger partial charge in [-0.2, -0.15) is 5.10 Å². The first-order valence-corrected chi connectivity index (χ1v) is 9.75. The van der Waals surface area contributed by atoms with Gasteiger partial charge in [0, 0.05) is 51.5 Å². The smallest absolute Gasteiger partial charge is 0.276 e. The summed E-state index contributed by atoms with van der Waals surface area (Å²) in [6.07, 6.45) is 2.70. The Morgan fingerprint density at radius 1 is 1.22 bits per heavy atom. The number of nitrogens with one attached hydrogen (secondary N) is 1. The van der Waals surface area contributed by atoms with Gasteiger partial charge in [0.05, 0.1) is 24.5 Å². The van der Waals surface area contributed by atoms with Crippen molar-refractivity contribution in [2.45, 2.75) is 32.9 Å². The number of likely N-dealkylation sites (tertiary alicyclic amines) is 1. The van der Waals surface area contributed by atoms with Crippen molar-refractivity contribution in [3.63, 3.8) is 0 Å². The van der Waals surface area contributed by atoms with Crippen LogP contribution in [0, 0.1) is 13.8 Å². The number of aryl methyl sites for hydroxylation is 2. The predicted molar refractivity (Wildman–Crippen MR) is 101 cm³/mol. The highest BCUT2D eigenvalue weighted by Gasteiger charge is 2.30. The summed E-state index contributed by atoms with van der Waals surface area (Å²) < 4.78 is 3.83. The van der Waals surface area contributed by atoms with Gasteiger partial charge in [0.25, 0.3) is 5.91 Å². The van der Waals surface area contributed by atoms with Gasteiger partial charge in [0.1, 0.15) is 0 Å². The standard InChI is InChI=1S/C18H28N8O/c1-14-11-15(2)26(21-14)16-3-6-24(12-16)18(27)17-13-25(22-20-17)10-9-23-7-4-19-5-8-23/h11,13,16,19H,3-10,12H2,1-2H3. The molecule has 4 heterocycles. The van der Waals surface area contributed by atoms with E-state index >= 15 is 0 Å². The van der Waals surface area contributed by atoms with E-state index in [1.165, 1.54) is 0 Å². The molecule has 0 spiro atoms. The summed E-state index contributed by atoms with van der Waals surface area (Å²) in [6, 6.07) is 2.32. The van der Waals surface area contributed by atoms with Gasteiger partial charge in [-0.25, -0.2) is 0 Å². The van der Waals surface area contributed by atoms with Gasteiger partial charge in [-0.1, -0.05) is 5.21 Å². The fraction of sp³-hybridized carbons (Fsp3) is 0.667. The van der Waals surface area contributed by atoms with Crippen molar-refractivity contribution < 1.29 is 4.79 Å². The van der Waals surface area contributed by atoms with Crippen molar-refractivity contribution in [1.82, 2.24) is 39.9 Å². The molecule has 9 nitrogen and oxygen atoms in total. The van der Waals surface area contributed by atoms with Gasteiger partial charge in [-0.15, -0.1) is 5.10 Å². The van der Waals surface area contributed by atoms with Crippen LogP contribution in [0.3, 0.4) is 0 Å². The summed E-state index contributed by atoms with van der Waals surface area (Å²) in [5.41, 5.74) is 2.60. The Bertz CT molecular complexity index is 791. The van der Waals surface area contributed by atoms with E-state index in [0.717, 1.165) is 63.6 Å². The van der Waals surface area contributed by atoms with E-state index < -0.39 is 0 Å². The van der Waals surface area contributed by atoms with Crippen LogP contribution in [0.4, 0.5) is 0 Å². The molecule has 2 aromatic rings. The quantitative estimate of drug-likeness (QED) is 0.801. The zero-order chi connectivity index (χ0) is 18.8. The molecular weight excluding hydrogens is 344 g/mol. The molecule has 0 aromatic carbocycles. The topological polar surface area (TPSA) is 84.1 Å². The molecule has 2 aliphatic heterocycles. The third-order valence-electron chi connectivity index (χ3n) is 5.45. The Kier molecular flexibility index (Phi) is 5.22. The molecule has 146 valence electrons. The van der Waals surface area contributed by atoms with E-state index in [1.807, 2.05) is 16.5 Å². The molecule has 0 bridgehead atoms. The first kappa shape index (κ1) is 18.1. The van der Waals surface area contributed by atoms with Crippen molar-refractivity contribution >= 4 is 5.91 Å². The number of amides is 1. The molecule has 0 aliphatic carbocycles. The fourth-order valence-electron chi connectivity index (χ4n) is 3.99. The van der Waals surface area contributed by atoms with Crippen molar-refractivity contribution in [2.24, 2.45) is 0 Å². The Labute approximate surface area is 159 Å². The number of piperazine rings is 1. The normalized spacial score (nSPS) is 21.1. The van der Waals surface area contributed by atoms with Crippen LogP contribution in [-0.4, -0.2) is 86.3 Å². The van der Waals surface area contributed by atoms with Crippen LogP contribution in [0.15, 0.2) is 12.3 Å². The summed E-state index contributed by atoms with van der Waals surface area (Å²) >= 11 is 0. The molecule has 2 aliphatic rings. The molecule has 2 fully saturated rings. The molecule has 1 amide bonds. The van der Waals surface area contributed by atoms with E-state index in [1.54, 1.807) is 10.9 Å². The SMILES string of the molecule is Cc1cc(C)n(C2CCN(C(=O)c3cn(CCN4CCNCC4)nn3)C2)n1. The molecule has 1 N–H and O–H groups in total. The minimum atomic E-state index is -0.0348. The molecule has 0 radical (unpaired) electrons. The molecule has 9 heteroatoms. The number of aromatic nitrogens is 5. The zero-order valence-electron chi connectivity index (χ0n) is 16.1. The van der Waals surface area contributed by atoms with Crippen molar-refractivity contribution in [1.29, 1.82) is 0 Å². The Morgan fingerprint density at radius 3 is 2.78 bits per heavy atom. The summed E-state index contributed by atoms with van der Waals surface area (Å²) in [6.45, 7) is 11.3. The Hall–Kier alpha value is -2.26. The van der Waals surface area contributed by atoms with Crippen LogP contribution in [-0.2, 0) is 6.54 Å². The molecule has 1 atom stereocenters. The number of hydrogen-bond acceptors (Lipinski definition) is 6. The van der Waals surface area contributed by atoms with Crippen LogP contribution in [0.5, 0.6) is 0 Å². The Morgan fingerprint density at radius 2 is 2.04 bits per heavy atom. The molecule has 2 aromatic heterocycles. The second kappa shape index (κ2) is 7.77. The van der Waals surface area contributed by atoms with Crippen molar-refractivity contribution in [3.8, 4) is 0 Å². The Balaban J connectivity index is 1.33. The average Bonchev–Trinajstić information content (AvgIpc) is 3.40. The zero-order valence-corrected chi connectivity index (χ0v) is 16.1. The minimum absolute atomic E-state index is 0.0348. The van der Waals surface area contributed by atoms with E-state index in [-0.39, 0.29) is 11.9 Å². The van der Waals surface area contributed by atoms with Crippen LogP contribution in [0.25, 0.3) is 0 Å². The highest BCUT2D eigenvalue weighted by Crippen LogP contribution is 2.24. The van der Waals surface area contributed by atoms with Gasteiger partial charge in [0.15, 0.2) is 5.69 Å². The second-order valence-electron chi connectivity index (χ2n) is 7.52. The third-order valence-corrected chi connectivity index (χ3v) is 5.45. The van der Waals surface area contributed by atoms with Crippen LogP contribution in [0.2, 0.25) is 0 Å². The monoisotopic (exact) mass is 372 g/mol. The number of rotatable bonds is 5. The van der Waals surface area contributed by atoms with Crippen molar-refractivity contribution in [2.75, 3.05) is 45.8 Å². The fourth-order valence-corrected chi connectivity index (χ4v) is 3.99. The van der Waals surface area contributed by atoms with E-state index in [4.69, 9.17) is 0 Å². The summed E-state index contributed by atoms with van der Waals surface area (Å²) in [4.78, 5) is 17.1. The highest BCUT2D eigenvalue weighted by molar-refractivity contribution is 5.92. The first-order chi connectivity index (χ1) is 13.1. The number of carbonyl (C=O) groups is 1. The predicted octanol–water partition coefficient (Wildman–Crippen LogP) is 0.0838. The van der Waals surface area contributed by atoms with Gasteiger partial charge in [-0.05, 0) is 26.3 Å².